The summed E-state index contributed by atoms with van der Waals surface area (Å²) in [5.41, 5.74) is 0.686. The van der Waals surface area contributed by atoms with Crippen LogP contribution < -0.4 is 14.4 Å². The number of rotatable bonds is 3. The normalized spacial score (nSPS) is 9.79. The maximum Gasteiger partial charge on any atom is 0.167 e. The first-order valence-electron chi connectivity index (χ1n) is 4.19. The summed E-state index contributed by atoms with van der Waals surface area (Å²) in [5, 5.41) is 0. The number of benzene rings is 1. The van der Waals surface area contributed by atoms with Crippen LogP contribution in [0.25, 0.3) is 0 Å². The van der Waals surface area contributed by atoms with E-state index in [1.165, 1.54) is 19.2 Å². The van der Waals surface area contributed by atoms with Crippen molar-refractivity contribution >= 4 is 5.69 Å². The van der Waals surface area contributed by atoms with E-state index in [9.17, 15) is 4.39 Å². The monoisotopic (exact) mass is 199 g/mol. The number of nitrogens with zero attached hydrogens (tertiary/aromatic N) is 1. The Morgan fingerprint density at radius 3 is 2.07 bits per heavy atom. The molecule has 0 aromatic heterocycles. The maximum absolute atomic E-state index is 13.3. The first-order valence-corrected chi connectivity index (χ1v) is 4.19. The zero-order valence-corrected chi connectivity index (χ0v) is 8.80. The summed E-state index contributed by atoms with van der Waals surface area (Å²) >= 11 is 0. The molecular formula is C10H14FNO2. The van der Waals surface area contributed by atoms with E-state index in [1.54, 1.807) is 12.0 Å². The highest BCUT2D eigenvalue weighted by Gasteiger charge is 2.11. The van der Waals surface area contributed by atoms with Crippen LogP contribution in [-0.4, -0.2) is 28.3 Å². The molecule has 0 N–H and O–H groups in total. The fraction of sp³-hybridized carbons (Fsp3) is 0.400. The van der Waals surface area contributed by atoms with Crippen molar-refractivity contribution in [2.45, 2.75) is 0 Å². The number of anilines is 1. The van der Waals surface area contributed by atoms with Crippen molar-refractivity contribution in [1.82, 2.24) is 0 Å². The van der Waals surface area contributed by atoms with Crippen molar-refractivity contribution in [3.8, 4) is 11.5 Å². The average Bonchev–Trinajstić information content (AvgIpc) is 2.17. The largest absolute Gasteiger partial charge is 0.494 e. The highest BCUT2D eigenvalue weighted by molar-refractivity contribution is 5.60. The molecule has 0 saturated carbocycles. The highest BCUT2D eigenvalue weighted by Crippen LogP contribution is 2.33. The quantitative estimate of drug-likeness (QED) is 0.742. The van der Waals surface area contributed by atoms with Gasteiger partial charge >= 0.3 is 0 Å². The minimum atomic E-state index is -0.392. The number of hydrogen-bond acceptors (Lipinski definition) is 3. The molecule has 0 amide bonds. The Morgan fingerprint density at radius 1 is 1.07 bits per heavy atom. The van der Waals surface area contributed by atoms with Crippen molar-refractivity contribution in [1.29, 1.82) is 0 Å². The second-order valence-corrected chi connectivity index (χ2v) is 3.05. The van der Waals surface area contributed by atoms with Gasteiger partial charge in [-0.2, -0.15) is 0 Å². The zero-order valence-electron chi connectivity index (χ0n) is 8.80. The molecule has 0 aliphatic heterocycles. The fourth-order valence-electron chi connectivity index (χ4n) is 1.19. The highest BCUT2D eigenvalue weighted by atomic mass is 19.1. The lowest BCUT2D eigenvalue weighted by Gasteiger charge is -2.17. The van der Waals surface area contributed by atoms with Crippen LogP contribution in [0.5, 0.6) is 11.5 Å². The lowest BCUT2D eigenvalue weighted by Crippen LogP contribution is -2.10. The van der Waals surface area contributed by atoms with Gasteiger partial charge in [0.15, 0.2) is 11.6 Å². The van der Waals surface area contributed by atoms with Gasteiger partial charge in [-0.1, -0.05) is 0 Å². The summed E-state index contributed by atoms with van der Waals surface area (Å²) < 4.78 is 23.3. The van der Waals surface area contributed by atoms with E-state index in [-0.39, 0.29) is 5.75 Å². The first kappa shape index (κ1) is 10.6. The van der Waals surface area contributed by atoms with E-state index in [4.69, 9.17) is 9.47 Å². The second-order valence-electron chi connectivity index (χ2n) is 3.05. The summed E-state index contributed by atoms with van der Waals surface area (Å²) in [6, 6.07) is 2.92. The van der Waals surface area contributed by atoms with E-state index in [0.717, 1.165) is 0 Å². The molecule has 0 aliphatic carbocycles. The van der Waals surface area contributed by atoms with E-state index >= 15 is 0 Å². The fourth-order valence-corrected chi connectivity index (χ4v) is 1.19. The van der Waals surface area contributed by atoms with Gasteiger partial charge < -0.3 is 14.4 Å². The lowest BCUT2D eigenvalue weighted by molar-refractivity contribution is 0.374. The third kappa shape index (κ3) is 1.89. The van der Waals surface area contributed by atoms with Crippen molar-refractivity contribution < 1.29 is 13.9 Å². The van der Waals surface area contributed by atoms with Gasteiger partial charge in [-0.25, -0.2) is 4.39 Å². The van der Waals surface area contributed by atoms with Crippen molar-refractivity contribution in [2.24, 2.45) is 0 Å². The predicted octanol–water partition coefficient (Wildman–Crippen LogP) is 1.91. The van der Waals surface area contributed by atoms with Gasteiger partial charge in [0.25, 0.3) is 0 Å². The van der Waals surface area contributed by atoms with Crippen LogP contribution in [0.2, 0.25) is 0 Å². The molecule has 14 heavy (non-hydrogen) atoms. The number of halogens is 1. The van der Waals surface area contributed by atoms with Gasteiger partial charge in [-0.3, -0.25) is 0 Å². The van der Waals surface area contributed by atoms with E-state index in [0.29, 0.717) is 11.4 Å². The minimum Gasteiger partial charge on any atom is -0.494 e. The van der Waals surface area contributed by atoms with Gasteiger partial charge in [-0.15, -0.1) is 0 Å². The summed E-state index contributed by atoms with van der Waals surface area (Å²) in [5.74, 6) is 0.387. The molecule has 0 radical (unpaired) electrons. The molecule has 0 atom stereocenters. The van der Waals surface area contributed by atoms with Crippen molar-refractivity contribution in [3.05, 3.63) is 17.9 Å². The van der Waals surface area contributed by atoms with Crippen molar-refractivity contribution in [2.75, 3.05) is 33.2 Å². The SMILES string of the molecule is COc1cc(OC)c(N(C)C)cc1F. The minimum absolute atomic E-state index is 0.187. The molecule has 4 heteroatoms. The number of ether oxygens (including phenoxy) is 2. The Hall–Kier alpha value is -1.45. The van der Waals surface area contributed by atoms with E-state index in [1.807, 2.05) is 14.1 Å². The molecule has 0 saturated heterocycles. The zero-order chi connectivity index (χ0) is 10.7. The Morgan fingerprint density at radius 2 is 1.64 bits per heavy atom. The maximum atomic E-state index is 13.3. The molecule has 0 spiro atoms. The predicted molar refractivity (Wildman–Crippen MR) is 53.8 cm³/mol. The van der Waals surface area contributed by atoms with Crippen LogP contribution in [-0.2, 0) is 0 Å². The van der Waals surface area contributed by atoms with Crippen LogP contribution in [0.15, 0.2) is 12.1 Å². The van der Waals surface area contributed by atoms with Crippen LogP contribution in [0.3, 0.4) is 0 Å². The molecule has 0 bridgehead atoms. The van der Waals surface area contributed by atoms with Crippen LogP contribution in [0.4, 0.5) is 10.1 Å². The van der Waals surface area contributed by atoms with E-state index in [2.05, 4.69) is 0 Å². The van der Waals surface area contributed by atoms with Gasteiger partial charge in [0, 0.05) is 26.2 Å². The third-order valence-corrected chi connectivity index (χ3v) is 1.94. The number of hydrogen-bond donors (Lipinski definition) is 0. The Labute approximate surface area is 83.0 Å². The third-order valence-electron chi connectivity index (χ3n) is 1.94. The van der Waals surface area contributed by atoms with Gasteiger partial charge in [-0.05, 0) is 0 Å². The smallest absolute Gasteiger partial charge is 0.167 e. The van der Waals surface area contributed by atoms with Gasteiger partial charge in [0.2, 0.25) is 0 Å². The summed E-state index contributed by atoms with van der Waals surface area (Å²) in [7, 11) is 6.61. The molecule has 0 heterocycles. The topological polar surface area (TPSA) is 21.7 Å². The van der Waals surface area contributed by atoms with Crippen LogP contribution in [0, 0.1) is 5.82 Å². The molecule has 1 aromatic rings. The Balaban J connectivity index is 3.24. The molecule has 1 rings (SSSR count). The standard InChI is InChI=1S/C10H14FNO2/c1-12(2)8-5-7(11)9(13-3)6-10(8)14-4/h5-6H,1-4H3. The molecule has 3 nitrogen and oxygen atoms in total. The summed E-state index contributed by atoms with van der Waals surface area (Å²) in [6.45, 7) is 0. The first-order chi connectivity index (χ1) is 6.60. The lowest BCUT2D eigenvalue weighted by atomic mass is 10.2. The van der Waals surface area contributed by atoms with Crippen molar-refractivity contribution in [3.63, 3.8) is 0 Å². The van der Waals surface area contributed by atoms with E-state index < -0.39 is 5.82 Å². The average molecular weight is 199 g/mol. The van der Waals surface area contributed by atoms with Gasteiger partial charge in [0.05, 0.1) is 19.9 Å². The van der Waals surface area contributed by atoms with Crippen LogP contribution in [0.1, 0.15) is 0 Å². The summed E-state index contributed by atoms with van der Waals surface area (Å²) in [4.78, 5) is 1.78. The molecule has 78 valence electrons. The molecule has 0 fully saturated rings. The molecular weight excluding hydrogens is 185 g/mol. The molecule has 0 aliphatic rings. The summed E-state index contributed by atoms with van der Waals surface area (Å²) in [6.07, 6.45) is 0. The Kier molecular flexibility index (Phi) is 3.17. The molecule has 0 unspecified atom stereocenters. The molecule has 1 aromatic carbocycles. The number of methoxy groups -OCH3 is 2. The van der Waals surface area contributed by atoms with Gasteiger partial charge in [0.1, 0.15) is 5.75 Å². The Bertz CT molecular complexity index is 326. The second kappa shape index (κ2) is 4.17. The van der Waals surface area contributed by atoms with Crippen LogP contribution >= 0.6 is 0 Å².